The first-order valence-corrected chi connectivity index (χ1v) is 7.36. The molecule has 2 nitrogen and oxygen atoms in total. The summed E-state index contributed by atoms with van der Waals surface area (Å²) in [5, 5.41) is 14.6. The molecule has 1 atom stereocenters. The minimum atomic E-state index is -0.715. The van der Waals surface area contributed by atoms with Gasteiger partial charge in [-0.1, -0.05) is 6.07 Å². The van der Waals surface area contributed by atoms with Crippen LogP contribution in [0.5, 0.6) is 0 Å². The van der Waals surface area contributed by atoms with E-state index in [0.29, 0.717) is 5.92 Å². The summed E-state index contributed by atoms with van der Waals surface area (Å²) in [5.74, 6) is 0.354. The van der Waals surface area contributed by atoms with Crippen molar-refractivity contribution in [2.24, 2.45) is 5.92 Å². The van der Waals surface area contributed by atoms with E-state index < -0.39 is 5.60 Å². The van der Waals surface area contributed by atoms with Gasteiger partial charge in [0.2, 0.25) is 0 Å². The van der Waals surface area contributed by atoms with Crippen molar-refractivity contribution in [3.8, 4) is 0 Å². The van der Waals surface area contributed by atoms with Gasteiger partial charge < -0.3 is 10.4 Å². The average Bonchev–Trinajstić information content (AvgIpc) is 2.37. The Bertz CT molecular complexity index is 444. The predicted octanol–water partition coefficient (Wildman–Crippen LogP) is 3.13. The van der Waals surface area contributed by atoms with E-state index in [0.717, 1.165) is 31.5 Å². The highest BCUT2D eigenvalue weighted by Gasteiger charge is 2.37. The molecule has 1 aliphatic rings. The van der Waals surface area contributed by atoms with Gasteiger partial charge in [-0.3, -0.25) is 0 Å². The standard InChI is InChI=1S/C17H27NO/c1-11-10-12(2)14(4)16(13(11)3)17(5,19)15-6-8-18-9-7-15/h10,15,18-19H,6-9H2,1-5H3. The van der Waals surface area contributed by atoms with Crippen molar-refractivity contribution in [3.63, 3.8) is 0 Å². The van der Waals surface area contributed by atoms with Crippen LogP contribution in [0.15, 0.2) is 6.07 Å². The largest absolute Gasteiger partial charge is 0.385 e. The molecule has 0 amide bonds. The zero-order valence-electron chi connectivity index (χ0n) is 12.9. The fourth-order valence-corrected chi connectivity index (χ4v) is 3.56. The minimum absolute atomic E-state index is 0.354. The Morgan fingerprint density at radius 2 is 1.53 bits per heavy atom. The lowest BCUT2D eigenvalue weighted by Gasteiger charge is -2.39. The average molecular weight is 261 g/mol. The quantitative estimate of drug-likeness (QED) is 0.857. The lowest BCUT2D eigenvalue weighted by molar-refractivity contribution is -0.0197. The number of hydrogen-bond donors (Lipinski definition) is 2. The molecule has 0 aliphatic carbocycles. The molecule has 0 spiro atoms. The first kappa shape index (κ1) is 14.5. The monoisotopic (exact) mass is 261 g/mol. The third-order valence-electron chi connectivity index (χ3n) is 5.01. The number of benzene rings is 1. The van der Waals surface area contributed by atoms with Crippen LogP contribution in [-0.4, -0.2) is 18.2 Å². The molecule has 1 saturated heterocycles. The number of nitrogens with one attached hydrogen (secondary N) is 1. The van der Waals surface area contributed by atoms with Crippen molar-refractivity contribution >= 4 is 0 Å². The first-order chi connectivity index (χ1) is 8.85. The van der Waals surface area contributed by atoms with Crippen LogP contribution < -0.4 is 5.32 Å². The van der Waals surface area contributed by atoms with Crippen LogP contribution in [0.1, 0.15) is 47.6 Å². The Morgan fingerprint density at radius 1 is 1.05 bits per heavy atom. The molecule has 1 heterocycles. The van der Waals surface area contributed by atoms with E-state index in [2.05, 4.69) is 39.1 Å². The van der Waals surface area contributed by atoms with Gasteiger partial charge in [0, 0.05) is 0 Å². The second kappa shape index (κ2) is 5.26. The van der Waals surface area contributed by atoms with Crippen LogP contribution in [0.2, 0.25) is 0 Å². The molecule has 1 unspecified atom stereocenters. The maximum absolute atomic E-state index is 11.2. The van der Waals surface area contributed by atoms with Gasteiger partial charge in [-0.2, -0.15) is 0 Å². The zero-order chi connectivity index (χ0) is 14.2. The number of aryl methyl sites for hydroxylation is 2. The fraction of sp³-hybridized carbons (Fsp3) is 0.647. The molecule has 1 fully saturated rings. The topological polar surface area (TPSA) is 32.3 Å². The predicted molar refractivity (Wildman–Crippen MR) is 80.6 cm³/mol. The fourth-order valence-electron chi connectivity index (χ4n) is 3.56. The van der Waals surface area contributed by atoms with E-state index in [1.165, 1.54) is 22.3 Å². The molecule has 1 aliphatic heterocycles. The lowest BCUT2D eigenvalue weighted by Crippen LogP contribution is -2.40. The summed E-state index contributed by atoms with van der Waals surface area (Å²) in [5.41, 5.74) is 5.53. The Labute approximate surface area is 117 Å². The lowest BCUT2D eigenvalue weighted by atomic mass is 9.73. The highest BCUT2D eigenvalue weighted by molar-refractivity contribution is 5.47. The third-order valence-corrected chi connectivity index (χ3v) is 5.01. The maximum atomic E-state index is 11.2. The van der Waals surface area contributed by atoms with E-state index in [9.17, 15) is 5.11 Å². The van der Waals surface area contributed by atoms with Gasteiger partial charge in [-0.25, -0.2) is 0 Å². The Morgan fingerprint density at radius 3 is 2.00 bits per heavy atom. The SMILES string of the molecule is Cc1cc(C)c(C)c(C(C)(O)C2CCNCC2)c1C. The maximum Gasteiger partial charge on any atom is 0.0902 e. The summed E-state index contributed by atoms with van der Waals surface area (Å²) in [6.07, 6.45) is 2.11. The van der Waals surface area contributed by atoms with Crippen molar-refractivity contribution in [2.45, 2.75) is 53.1 Å². The molecule has 0 bridgehead atoms. The Balaban J connectivity index is 2.50. The molecular formula is C17H27NO. The van der Waals surface area contributed by atoms with Gasteiger partial charge in [0.1, 0.15) is 0 Å². The molecule has 0 aromatic heterocycles. The highest BCUT2D eigenvalue weighted by atomic mass is 16.3. The minimum Gasteiger partial charge on any atom is -0.385 e. The normalized spacial score (nSPS) is 20.3. The van der Waals surface area contributed by atoms with Crippen LogP contribution in [-0.2, 0) is 5.60 Å². The molecule has 1 aromatic carbocycles. The zero-order valence-corrected chi connectivity index (χ0v) is 12.9. The third kappa shape index (κ3) is 2.56. The van der Waals surface area contributed by atoms with Crippen LogP contribution >= 0.6 is 0 Å². The second-order valence-corrected chi connectivity index (χ2v) is 6.31. The molecule has 2 rings (SSSR count). The van der Waals surface area contributed by atoms with Crippen LogP contribution in [0.4, 0.5) is 0 Å². The number of piperidine rings is 1. The van der Waals surface area contributed by atoms with Gasteiger partial charge in [0.25, 0.3) is 0 Å². The van der Waals surface area contributed by atoms with Crippen molar-refractivity contribution in [3.05, 3.63) is 33.9 Å². The molecule has 2 N–H and O–H groups in total. The van der Waals surface area contributed by atoms with E-state index in [1.54, 1.807) is 0 Å². The number of aliphatic hydroxyl groups is 1. The molecule has 0 radical (unpaired) electrons. The summed E-state index contributed by atoms with van der Waals surface area (Å²) in [6.45, 7) is 12.6. The van der Waals surface area contributed by atoms with Crippen molar-refractivity contribution in [2.75, 3.05) is 13.1 Å². The van der Waals surface area contributed by atoms with Gasteiger partial charge in [-0.15, -0.1) is 0 Å². The second-order valence-electron chi connectivity index (χ2n) is 6.31. The van der Waals surface area contributed by atoms with E-state index in [1.807, 2.05) is 6.92 Å². The summed E-state index contributed by atoms with van der Waals surface area (Å²) >= 11 is 0. The van der Waals surface area contributed by atoms with Crippen molar-refractivity contribution in [1.29, 1.82) is 0 Å². The smallest absolute Gasteiger partial charge is 0.0902 e. The van der Waals surface area contributed by atoms with Crippen molar-refractivity contribution in [1.82, 2.24) is 5.32 Å². The first-order valence-electron chi connectivity index (χ1n) is 7.36. The van der Waals surface area contributed by atoms with E-state index >= 15 is 0 Å². The van der Waals surface area contributed by atoms with E-state index in [4.69, 9.17) is 0 Å². The molecule has 2 heteroatoms. The number of rotatable bonds is 2. The molecule has 0 saturated carbocycles. The molecule has 1 aromatic rings. The summed E-state index contributed by atoms with van der Waals surface area (Å²) < 4.78 is 0. The van der Waals surface area contributed by atoms with Gasteiger partial charge in [0.05, 0.1) is 5.60 Å². The summed E-state index contributed by atoms with van der Waals surface area (Å²) in [6, 6.07) is 2.23. The Kier molecular flexibility index (Phi) is 4.03. The number of hydrogen-bond acceptors (Lipinski definition) is 2. The summed E-state index contributed by atoms with van der Waals surface area (Å²) in [7, 11) is 0. The Hall–Kier alpha value is -0.860. The molecule has 19 heavy (non-hydrogen) atoms. The highest BCUT2D eigenvalue weighted by Crippen LogP contribution is 2.39. The summed E-state index contributed by atoms with van der Waals surface area (Å²) in [4.78, 5) is 0. The van der Waals surface area contributed by atoms with Gasteiger partial charge in [-0.05, 0) is 94.3 Å². The van der Waals surface area contributed by atoms with Gasteiger partial charge >= 0.3 is 0 Å². The van der Waals surface area contributed by atoms with E-state index in [-0.39, 0.29) is 0 Å². The molecular weight excluding hydrogens is 234 g/mol. The van der Waals surface area contributed by atoms with Gasteiger partial charge in [0.15, 0.2) is 0 Å². The van der Waals surface area contributed by atoms with Crippen LogP contribution in [0.3, 0.4) is 0 Å². The van der Waals surface area contributed by atoms with Crippen molar-refractivity contribution < 1.29 is 5.11 Å². The molecule has 106 valence electrons. The van der Waals surface area contributed by atoms with Crippen LogP contribution in [0, 0.1) is 33.6 Å². The van der Waals surface area contributed by atoms with Crippen LogP contribution in [0.25, 0.3) is 0 Å².